The number of fused-ring (bicyclic) bond motifs is 2. The molecule has 4 heterocycles. The van der Waals surface area contributed by atoms with Crippen molar-refractivity contribution in [3.63, 3.8) is 0 Å². The molecule has 2 aliphatic heterocycles. The van der Waals surface area contributed by atoms with Crippen LogP contribution in [0.4, 0.5) is 5.82 Å². The number of nitrogen functional groups attached to an aromatic ring is 1. The van der Waals surface area contributed by atoms with E-state index in [0.29, 0.717) is 23.6 Å². The van der Waals surface area contributed by atoms with Crippen molar-refractivity contribution in [2.75, 3.05) is 12.3 Å². The van der Waals surface area contributed by atoms with Crippen molar-refractivity contribution in [3.8, 4) is 0 Å². The normalized spacial score (nSPS) is 27.7. The molecule has 0 unspecified atom stereocenters. The van der Waals surface area contributed by atoms with E-state index >= 15 is 0 Å². The van der Waals surface area contributed by atoms with Gasteiger partial charge in [0.1, 0.15) is 17.9 Å². The average Bonchev–Trinajstić information content (AvgIpc) is 3.26. The van der Waals surface area contributed by atoms with Gasteiger partial charge in [0.15, 0.2) is 38.2 Å². The molecule has 4 atom stereocenters. The van der Waals surface area contributed by atoms with Gasteiger partial charge in [0.2, 0.25) is 0 Å². The maximum absolute atomic E-state index is 6.36. The fraction of sp³-hybridized carbons (Fsp3) is 0.647. The summed E-state index contributed by atoms with van der Waals surface area (Å²) < 4.78 is 25.9. The lowest BCUT2D eigenvalue weighted by molar-refractivity contribution is -0.0581. The van der Waals surface area contributed by atoms with Crippen LogP contribution in [0.5, 0.6) is 0 Å². The quantitative estimate of drug-likeness (QED) is 0.586. The number of nitrogens with two attached hydrogens (primary N) is 1. The molecular formula is C17H25N5O4SSi. The van der Waals surface area contributed by atoms with Crippen molar-refractivity contribution >= 4 is 42.8 Å². The SMILES string of the molecule is CC(C)(C)[Si](C)(C)OC[C@@H]1O[C@H](n2cnc3c(N)ncnc32)[C@H]2OC(=S)O[C@@H]21. The Balaban J connectivity index is 1.60. The second kappa shape index (κ2) is 6.61. The fourth-order valence-corrected chi connectivity index (χ4v) is 4.38. The van der Waals surface area contributed by atoms with Crippen LogP contribution in [0.2, 0.25) is 18.1 Å². The first kappa shape index (κ1) is 19.5. The molecular weight excluding hydrogens is 398 g/mol. The molecule has 2 N–H and O–H groups in total. The van der Waals surface area contributed by atoms with Crippen LogP contribution in [-0.2, 0) is 18.6 Å². The molecule has 11 heteroatoms. The van der Waals surface area contributed by atoms with Gasteiger partial charge in [0, 0.05) is 12.2 Å². The summed E-state index contributed by atoms with van der Waals surface area (Å²) in [6.45, 7) is 11.4. The summed E-state index contributed by atoms with van der Waals surface area (Å²) in [6.07, 6.45) is 1.45. The zero-order chi connectivity index (χ0) is 20.3. The lowest BCUT2D eigenvalue weighted by Crippen LogP contribution is -2.44. The number of hydrogen-bond donors (Lipinski definition) is 1. The van der Waals surface area contributed by atoms with Crippen LogP contribution in [0.15, 0.2) is 12.7 Å². The van der Waals surface area contributed by atoms with Gasteiger partial charge < -0.3 is 24.4 Å². The highest BCUT2D eigenvalue weighted by Crippen LogP contribution is 2.41. The maximum Gasteiger partial charge on any atom is 0.353 e. The second-order valence-electron chi connectivity index (χ2n) is 8.63. The topological polar surface area (TPSA) is 107 Å². The van der Waals surface area contributed by atoms with Crippen LogP contribution >= 0.6 is 12.2 Å². The molecule has 0 aliphatic carbocycles. The van der Waals surface area contributed by atoms with Crippen LogP contribution in [-0.4, -0.2) is 58.0 Å². The van der Waals surface area contributed by atoms with Gasteiger partial charge in [-0.1, -0.05) is 20.8 Å². The molecule has 9 nitrogen and oxygen atoms in total. The summed E-state index contributed by atoms with van der Waals surface area (Å²) in [5.41, 5.74) is 6.99. The fourth-order valence-electron chi connectivity index (χ4n) is 3.15. The van der Waals surface area contributed by atoms with E-state index < -0.39 is 20.6 Å². The zero-order valence-corrected chi connectivity index (χ0v) is 18.4. The molecule has 0 saturated carbocycles. The number of hydrogen-bond acceptors (Lipinski definition) is 9. The van der Waals surface area contributed by atoms with E-state index in [1.165, 1.54) is 6.33 Å². The van der Waals surface area contributed by atoms with E-state index in [9.17, 15) is 0 Å². The number of anilines is 1. The smallest absolute Gasteiger partial charge is 0.353 e. The van der Waals surface area contributed by atoms with E-state index in [4.69, 9.17) is 36.6 Å². The molecule has 2 aliphatic rings. The Morgan fingerprint density at radius 2 is 1.93 bits per heavy atom. The highest BCUT2D eigenvalue weighted by atomic mass is 32.1. The number of rotatable bonds is 4. The van der Waals surface area contributed by atoms with Gasteiger partial charge in [-0.15, -0.1) is 0 Å². The third-order valence-corrected chi connectivity index (χ3v) is 10.5. The predicted molar refractivity (Wildman–Crippen MR) is 109 cm³/mol. The first-order valence-corrected chi connectivity index (χ1v) is 12.5. The van der Waals surface area contributed by atoms with Crippen molar-refractivity contribution < 1.29 is 18.6 Å². The summed E-state index contributed by atoms with van der Waals surface area (Å²) in [4.78, 5) is 12.6. The highest BCUT2D eigenvalue weighted by molar-refractivity contribution is 7.79. The van der Waals surface area contributed by atoms with E-state index in [0.717, 1.165) is 0 Å². The van der Waals surface area contributed by atoms with Gasteiger partial charge in [-0.3, -0.25) is 4.57 Å². The molecule has 152 valence electrons. The Hall–Kier alpha value is -1.82. The first-order valence-electron chi connectivity index (χ1n) is 9.18. The van der Waals surface area contributed by atoms with E-state index in [1.807, 2.05) is 0 Å². The number of imidazole rings is 1. The van der Waals surface area contributed by atoms with Gasteiger partial charge in [-0.25, -0.2) is 15.0 Å². The predicted octanol–water partition coefficient (Wildman–Crippen LogP) is 2.40. The molecule has 0 radical (unpaired) electrons. The number of thiocarbonyl (C=S) groups is 1. The monoisotopic (exact) mass is 423 g/mol. The van der Waals surface area contributed by atoms with E-state index in [2.05, 4.69) is 48.8 Å². The van der Waals surface area contributed by atoms with Gasteiger partial charge in [0.05, 0.1) is 12.9 Å². The molecule has 0 aromatic carbocycles. The van der Waals surface area contributed by atoms with Crippen LogP contribution in [0.25, 0.3) is 11.2 Å². The van der Waals surface area contributed by atoms with Crippen LogP contribution in [0, 0.1) is 0 Å². The summed E-state index contributed by atoms with van der Waals surface area (Å²) in [5, 5.41) is 0.223. The first-order chi connectivity index (χ1) is 13.1. The van der Waals surface area contributed by atoms with Crippen molar-refractivity contribution in [2.24, 2.45) is 0 Å². The molecule has 2 aromatic rings. The van der Waals surface area contributed by atoms with Crippen molar-refractivity contribution in [2.45, 2.75) is 63.4 Å². The van der Waals surface area contributed by atoms with Gasteiger partial charge >= 0.3 is 5.24 Å². The van der Waals surface area contributed by atoms with Crippen molar-refractivity contribution in [1.82, 2.24) is 19.5 Å². The number of nitrogens with zero attached hydrogens (tertiary/aromatic N) is 4. The molecule has 0 bridgehead atoms. The summed E-state index contributed by atoms with van der Waals surface area (Å²) in [6, 6.07) is 0. The summed E-state index contributed by atoms with van der Waals surface area (Å²) >= 11 is 5.14. The third-order valence-electron chi connectivity index (χ3n) is 5.83. The molecule has 28 heavy (non-hydrogen) atoms. The summed E-state index contributed by atoms with van der Waals surface area (Å²) in [7, 11) is -1.94. The number of aromatic nitrogens is 4. The molecule has 2 aromatic heterocycles. The lowest BCUT2D eigenvalue weighted by atomic mass is 10.1. The minimum Gasteiger partial charge on any atom is -0.447 e. The van der Waals surface area contributed by atoms with Crippen LogP contribution in [0.1, 0.15) is 27.0 Å². The van der Waals surface area contributed by atoms with E-state index in [1.54, 1.807) is 10.9 Å². The highest BCUT2D eigenvalue weighted by Gasteiger charge is 2.54. The van der Waals surface area contributed by atoms with Crippen LogP contribution in [0.3, 0.4) is 0 Å². The Bertz CT molecular complexity index is 915. The Kier molecular flexibility index (Phi) is 4.60. The minimum atomic E-state index is -1.94. The minimum absolute atomic E-state index is 0.0989. The van der Waals surface area contributed by atoms with Gasteiger partial charge in [-0.05, 0) is 18.1 Å². The van der Waals surface area contributed by atoms with Crippen molar-refractivity contribution in [1.29, 1.82) is 0 Å². The number of ether oxygens (including phenoxy) is 3. The molecule has 0 spiro atoms. The Morgan fingerprint density at radius 1 is 1.21 bits per heavy atom. The maximum atomic E-state index is 6.36. The van der Waals surface area contributed by atoms with Gasteiger partial charge in [-0.2, -0.15) is 0 Å². The third kappa shape index (κ3) is 3.15. The Labute approximate surface area is 169 Å². The van der Waals surface area contributed by atoms with Gasteiger partial charge in [0.25, 0.3) is 0 Å². The molecule has 2 fully saturated rings. The van der Waals surface area contributed by atoms with E-state index in [-0.39, 0.29) is 22.5 Å². The molecule has 4 rings (SSSR count). The zero-order valence-electron chi connectivity index (χ0n) is 16.6. The standard InChI is InChI=1S/C17H25N5O4SSi/c1-17(2,3)28(4,5)23-6-9-11-12(26-16(27)25-11)15(24-9)22-8-21-10-13(18)19-7-20-14(10)22/h7-9,11-12,15H,6H2,1-5H3,(H2,18,19,20)/t9-,11+,12-,15-/m0/s1. The molecule has 2 saturated heterocycles. The lowest BCUT2D eigenvalue weighted by Gasteiger charge is -2.37. The second-order valence-corrected chi connectivity index (χ2v) is 13.8. The molecule has 0 amide bonds. The summed E-state index contributed by atoms with van der Waals surface area (Å²) in [5.74, 6) is 0.315. The Morgan fingerprint density at radius 3 is 2.64 bits per heavy atom. The average molecular weight is 424 g/mol. The van der Waals surface area contributed by atoms with Crippen LogP contribution < -0.4 is 5.73 Å². The van der Waals surface area contributed by atoms with Crippen molar-refractivity contribution in [3.05, 3.63) is 12.7 Å². The largest absolute Gasteiger partial charge is 0.447 e.